The van der Waals surface area contributed by atoms with E-state index in [1.165, 1.54) is 25.3 Å². The lowest BCUT2D eigenvalue weighted by Crippen LogP contribution is -2.15. The largest absolute Gasteiger partial charge is 0.465 e. The molecule has 0 N–H and O–H groups in total. The van der Waals surface area contributed by atoms with Crippen molar-refractivity contribution in [3.05, 3.63) is 107 Å². The third-order valence-corrected chi connectivity index (χ3v) is 6.55. The summed E-state index contributed by atoms with van der Waals surface area (Å²) in [4.78, 5) is 26.4. The summed E-state index contributed by atoms with van der Waals surface area (Å²) >= 11 is 0. The number of methoxy groups -OCH3 is 2. The summed E-state index contributed by atoms with van der Waals surface area (Å²) in [5.41, 5.74) is 7.71. The summed E-state index contributed by atoms with van der Waals surface area (Å²) in [5, 5.41) is 0. The molecule has 0 aliphatic rings. The predicted octanol–water partition coefficient (Wildman–Crippen LogP) is 7.39. The molecule has 0 aliphatic carbocycles. The van der Waals surface area contributed by atoms with Gasteiger partial charge in [0.1, 0.15) is 0 Å². The van der Waals surface area contributed by atoms with E-state index in [-0.39, 0.29) is 11.1 Å². The zero-order valence-electron chi connectivity index (χ0n) is 21.1. The molecule has 0 saturated carbocycles. The smallest absolute Gasteiger partial charge is 0.339 e. The third-order valence-electron chi connectivity index (χ3n) is 6.55. The second-order valence-electron chi connectivity index (χ2n) is 8.54. The van der Waals surface area contributed by atoms with Gasteiger partial charge in [-0.1, -0.05) is 98.8 Å². The van der Waals surface area contributed by atoms with Gasteiger partial charge in [-0.25, -0.2) is 9.59 Å². The van der Waals surface area contributed by atoms with Crippen LogP contribution in [0.15, 0.2) is 84.9 Å². The maximum atomic E-state index is 13.2. The second kappa shape index (κ2) is 11.0. The molecule has 4 nitrogen and oxygen atoms in total. The van der Waals surface area contributed by atoms with Crippen molar-refractivity contribution in [1.29, 1.82) is 0 Å². The van der Waals surface area contributed by atoms with E-state index in [1.54, 1.807) is 0 Å². The van der Waals surface area contributed by atoms with Crippen molar-refractivity contribution in [2.24, 2.45) is 0 Å². The van der Waals surface area contributed by atoms with Gasteiger partial charge in [-0.15, -0.1) is 0 Å². The molecule has 0 fully saturated rings. The lowest BCUT2D eigenvalue weighted by atomic mass is 9.86. The van der Waals surface area contributed by atoms with Crippen molar-refractivity contribution in [3.63, 3.8) is 0 Å². The van der Waals surface area contributed by atoms with E-state index in [2.05, 4.69) is 38.1 Å². The Balaban J connectivity index is 2.00. The first-order valence-electron chi connectivity index (χ1n) is 12.1. The van der Waals surface area contributed by atoms with Crippen LogP contribution < -0.4 is 0 Å². The Bertz CT molecular complexity index is 1380. The summed E-state index contributed by atoms with van der Waals surface area (Å²) in [6.45, 7) is 4.21. The number of carbonyl (C=O) groups excluding carboxylic acids is 2. The van der Waals surface area contributed by atoms with Crippen molar-refractivity contribution in [3.8, 4) is 33.4 Å². The number of hydrogen-bond acceptors (Lipinski definition) is 4. The molecule has 0 amide bonds. The highest BCUT2D eigenvalue weighted by molar-refractivity contribution is 6.12. The molecule has 0 radical (unpaired) electrons. The maximum absolute atomic E-state index is 13.2. The van der Waals surface area contributed by atoms with Gasteiger partial charge in [0.15, 0.2) is 0 Å². The number of rotatable bonds is 7. The molecule has 182 valence electrons. The van der Waals surface area contributed by atoms with Crippen LogP contribution in [0.1, 0.15) is 45.7 Å². The minimum Gasteiger partial charge on any atom is -0.465 e. The average molecular weight is 479 g/mol. The van der Waals surface area contributed by atoms with Gasteiger partial charge in [0, 0.05) is 0 Å². The molecule has 4 aromatic carbocycles. The van der Waals surface area contributed by atoms with E-state index in [0.717, 1.165) is 35.1 Å². The molecule has 0 heterocycles. The second-order valence-corrected chi connectivity index (χ2v) is 8.54. The summed E-state index contributed by atoms with van der Waals surface area (Å²) in [5.74, 6) is -1.18. The van der Waals surface area contributed by atoms with Crippen LogP contribution in [0, 0.1) is 0 Å². The molecule has 4 rings (SSSR count). The fourth-order valence-corrected chi connectivity index (χ4v) is 4.51. The molecule has 4 aromatic rings. The molecule has 0 spiro atoms. The van der Waals surface area contributed by atoms with E-state index >= 15 is 0 Å². The Labute approximate surface area is 212 Å². The van der Waals surface area contributed by atoms with E-state index < -0.39 is 11.9 Å². The zero-order chi connectivity index (χ0) is 25.7. The Hall–Kier alpha value is -4.18. The molecule has 0 aromatic heterocycles. The quantitative estimate of drug-likeness (QED) is 0.260. The van der Waals surface area contributed by atoms with Gasteiger partial charge in [-0.3, -0.25) is 0 Å². The molecule has 0 atom stereocenters. The van der Waals surface area contributed by atoms with E-state index in [1.807, 2.05) is 60.7 Å². The van der Waals surface area contributed by atoms with E-state index in [0.29, 0.717) is 11.1 Å². The summed E-state index contributed by atoms with van der Waals surface area (Å²) < 4.78 is 10.4. The lowest BCUT2D eigenvalue weighted by molar-refractivity contribution is 0.0556. The van der Waals surface area contributed by atoms with Crippen LogP contribution in [0.4, 0.5) is 0 Å². The van der Waals surface area contributed by atoms with Gasteiger partial charge in [0.05, 0.1) is 25.3 Å². The van der Waals surface area contributed by atoms with Crippen molar-refractivity contribution in [2.75, 3.05) is 14.2 Å². The molecule has 0 aliphatic heterocycles. The molecule has 36 heavy (non-hydrogen) atoms. The highest BCUT2D eigenvalue weighted by atomic mass is 16.5. The normalized spacial score (nSPS) is 10.7. The minimum atomic E-state index is -0.589. The van der Waals surface area contributed by atoms with Crippen molar-refractivity contribution in [2.45, 2.75) is 26.7 Å². The van der Waals surface area contributed by atoms with Gasteiger partial charge in [0.2, 0.25) is 0 Å². The summed E-state index contributed by atoms with van der Waals surface area (Å²) in [7, 11) is 2.65. The minimum absolute atomic E-state index is 0.194. The molecular formula is C32H30O4. The molecule has 4 heteroatoms. The van der Waals surface area contributed by atoms with Crippen LogP contribution in [0.3, 0.4) is 0 Å². The van der Waals surface area contributed by atoms with Gasteiger partial charge >= 0.3 is 11.9 Å². The first-order valence-corrected chi connectivity index (χ1v) is 12.1. The van der Waals surface area contributed by atoms with Crippen LogP contribution in [-0.4, -0.2) is 26.2 Å². The van der Waals surface area contributed by atoms with E-state index in [9.17, 15) is 9.59 Å². The topological polar surface area (TPSA) is 52.6 Å². The Morgan fingerprint density at radius 2 is 0.944 bits per heavy atom. The number of hydrogen-bond donors (Lipinski definition) is 0. The SMILES string of the molecule is CCc1ccc(-c2ccccc2-c2ccc(-c3ccc(CC)cc3)c(C(=O)OC)c2C(=O)OC)cc1. The van der Waals surface area contributed by atoms with Gasteiger partial charge in [-0.2, -0.15) is 0 Å². The average Bonchev–Trinajstić information content (AvgIpc) is 2.95. The first kappa shape index (κ1) is 24.9. The molecule has 0 saturated heterocycles. The number of carbonyl (C=O) groups is 2. The number of aryl methyl sites for hydroxylation is 2. The number of esters is 2. The predicted molar refractivity (Wildman–Crippen MR) is 144 cm³/mol. The highest BCUT2D eigenvalue weighted by Gasteiger charge is 2.28. The third kappa shape index (κ3) is 4.80. The van der Waals surface area contributed by atoms with Crippen LogP contribution in [0.25, 0.3) is 33.4 Å². The monoisotopic (exact) mass is 478 g/mol. The first-order chi connectivity index (χ1) is 17.5. The lowest BCUT2D eigenvalue weighted by Gasteiger charge is -2.19. The zero-order valence-corrected chi connectivity index (χ0v) is 21.1. The Morgan fingerprint density at radius 1 is 0.528 bits per heavy atom. The number of benzene rings is 4. The van der Waals surface area contributed by atoms with Gasteiger partial charge in [-0.05, 0) is 57.3 Å². The molecule has 0 unspecified atom stereocenters. The fourth-order valence-electron chi connectivity index (χ4n) is 4.51. The molecule has 0 bridgehead atoms. The Morgan fingerprint density at radius 3 is 1.42 bits per heavy atom. The Kier molecular flexibility index (Phi) is 7.65. The van der Waals surface area contributed by atoms with Gasteiger partial charge < -0.3 is 9.47 Å². The van der Waals surface area contributed by atoms with E-state index in [4.69, 9.17) is 9.47 Å². The summed E-state index contributed by atoms with van der Waals surface area (Å²) in [6, 6.07) is 28.0. The standard InChI is InChI=1S/C32H30O4/c1-5-21-11-15-23(16-12-21)25-9-7-8-10-27(25)28-20-19-26(24-17-13-22(6-2)14-18-24)29(31(33)35-3)30(28)32(34)36-4/h7-20H,5-6H2,1-4H3. The van der Waals surface area contributed by atoms with Crippen LogP contribution in [0.2, 0.25) is 0 Å². The molecular weight excluding hydrogens is 448 g/mol. The summed E-state index contributed by atoms with van der Waals surface area (Å²) in [6.07, 6.45) is 1.87. The van der Waals surface area contributed by atoms with Crippen LogP contribution >= 0.6 is 0 Å². The fraction of sp³-hybridized carbons (Fsp3) is 0.188. The van der Waals surface area contributed by atoms with Crippen LogP contribution in [0.5, 0.6) is 0 Å². The highest BCUT2D eigenvalue weighted by Crippen LogP contribution is 2.39. The van der Waals surface area contributed by atoms with Gasteiger partial charge in [0.25, 0.3) is 0 Å². The van der Waals surface area contributed by atoms with Crippen molar-refractivity contribution >= 4 is 11.9 Å². The van der Waals surface area contributed by atoms with Crippen LogP contribution in [-0.2, 0) is 22.3 Å². The maximum Gasteiger partial charge on any atom is 0.339 e. The number of ether oxygens (including phenoxy) is 2. The van der Waals surface area contributed by atoms with Crippen molar-refractivity contribution < 1.29 is 19.1 Å². The van der Waals surface area contributed by atoms with Crippen molar-refractivity contribution in [1.82, 2.24) is 0 Å².